The fourth-order valence-corrected chi connectivity index (χ4v) is 4.42. The Morgan fingerprint density at radius 3 is 2.41 bits per heavy atom. The molecule has 0 unspecified atom stereocenters. The third kappa shape index (κ3) is 7.00. The molecule has 0 aliphatic rings. The Bertz CT molecular complexity index is 1080. The van der Waals surface area contributed by atoms with Crippen LogP contribution in [0.2, 0.25) is 15.1 Å². The first kappa shape index (κ1) is 25.1. The highest BCUT2D eigenvalue weighted by atomic mass is 79.9. The van der Waals surface area contributed by atoms with Crippen LogP contribution in [0.15, 0.2) is 53.0 Å². The van der Waals surface area contributed by atoms with Gasteiger partial charge in [0.2, 0.25) is 0 Å². The van der Waals surface area contributed by atoms with E-state index in [2.05, 4.69) is 21.2 Å². The van der Waals surface area contributed by atoms with E-state index in [9.17, 15) is 4.39 Å². The van der Waals surface area contributed by atoms with Gasteiger partial charge in [-0.3, -0.25) is 0 Å². The molecule has 0 aliphatic carbocycles. The highest BCUT2D eigenvalue weighted by Crippen LogP contribution is 2.38. The average Bonchev–Trinajstić information content (AvgIpc) is 2.73. The largest absolute Gasteiger partial charge is 0.490 e. The van der Waals surface area contributed by atoms with Gasteiger partial charge >= 0.3 is 0 Å². The molecule has 0 spiro atoms. The van der Waals surface area contributed by atoms with Crippen molar-refractivity contribution in [2.24, 2.45) is 0 Å². The molecule has 32 heavy (non-hydrogen) atoms. The van der Waals surface area contributed by atoms with Gasteiger partial charge in [-0.15, -0.1) is 0 Å². The van der Waals surface area contributed by atoms with E-state index < -0.39 is 0 Å². The second-order valence-electron chi connectivity index (χ2n) is 7.02. The zero-order valence-corrected chi connectivity index (χ0v) is 21.2. The second kappa shape index (κ2) is 12.1. The fourth-order valence-electron chi connectivity index (χ4n) is 3.10. The molecule has 0 saturated heterocycles. The molecule has 0 saturated carbocycles. The fraction of sp³-hybridized carbons (Fsp3) is 0.250. The molecule has 1 N–H and O–H groups in total. The molecular weight excluding hydrogens is 540 g/mol. The highest BCUT2D eigenvalue weighted by molar-refractivity contribution is 9.10. The smallest absolute Gasteiger partial charge is 0.175 e. The van der Waals surface area contributed by atoms with Crippen LogP contribution in [0.1, 0.15) is 23.6 Å². The number of benzene rings is 3. The van der Waals surface area contributed by atoms with Crippen molar-refractivity contribution in [3.63, 3.8) is 0 Å². The second-order valence-corrected chi connectivity index (χ2v) is 9.13. The lowest BCUT2D eigenvalue weighted by Gasteiger charge is -2.16. The third-order valence-electron chi connectivity index (χ3n) is 4.67. The van der Waals surface area contributed by atoms with E-state index in [1.54, 1.807) is 12.1 Å². The van der Waals surface area contributed by atoms with E-state index in [4.69, 9.17) is 44.3 Å². The number of rotatable bonds is 10. The van der Waals surface area contributed by atoms with Gasteiger partial charge in [0.25, 0.3) is 0 Å². The van der Waals surface area contributed by atoms with E-state index in [1.807, 2.05) is 31.2 Å². The van der Waals surface area contributed by atoms with Crippen molar-refractivity contribution >= 4 is 50.7 Å². The Morgan fingerprint density at radius 1 is 0.938 bits per heavy atom. The maximum Gasteiger partial charge on any atom is 0.175 e. The van der Waals surface area contributed by atoms with Gasteiger partial charge in [0.15, 0.2) is 11.5 Å². The summed E-state index contributed by atoms with van der Waals surface area (Å²) in [5.41, 5.74) is 2.77. The Balaban J connectivity index is 1.63. The predicted octanol–water partition coefficient (Wildman–Crippen LogP) is 7.86. The van der Waals surface area contributed by atoms with Crippen molar-refractivity contribution in [1.29, 1.82) is 0 Å². The third-order valence-corrected chi connectivity index (χ3v) is 6.20. The maximum absolute atomic E-state index is 13.3. The summed E-state index contributed by atoms with van der Waals surface area (Å²) in [4.78, 5) is 0. The minimum atomic E-state index is -0.384. The first-order valence-corrected chi connectivity index (χ1v) is 12.0. The molecule has 0 radical (unpaired) electrons. The zero-order valence-electron chi connectivity index (χ0n) is 17.4. The molecule has 170 valence electrons. The number of ether oxygens (including phenoxy) is 2. The van der Waals surface area contributed by atoms with Gasteiger partial charge in [-0.25, -0.2) is 4.39 Å². The standard InChI is InChI=1S/C24H22BrCl3FNO2/c1-2-31-23-10-15(13-30-8-7-16-3-5-18(26)11-21(16)27)9-20(25)24(23)32-14-17-4-6-19(29)12-22(17)28/h3-6,9-12,30H,2,7-8,13-14H2,1H3. The number of halogens is 5. The molecule has 8 heteroatoms. The quantitative estimate of drug-likeness (QED) is 0.256. The SMILES string of the molecule is CCOc1cc(CNCCc2ccc(Cl)cc2Cl)cc(Br)c1OCc1ccc(F)cc1Cl. The topological polar surface area (TPSA) is 30.5 Å². The van der Waals surface area contributed by atoms with Gasteiger partial charge in [-0.2, -0.15) is 0 Å². The molecule has 3 aromatic rings. The van der Waals surface area contributed by atoms with Crippen molar-refractivity contribution in [1.82, 2.24) is 5.32 Å². The van der Waals surface area contributed by atoms with Gasteiger partial charge in [-0.1, -0.05) is 46.9 Å². The van der Waals surface area contributed by atoms with Crippen LogP contribution in [0.4, 0.5) is 4.39 Å². The lowest BCUT2D eigenvalue weighted by Crippen LogP contribution is -2.17. The van der Waals surface area contributed by atoms with Crippen LogP contribution >= 0.6 is 50.7 Å². The molecule has 3 aromatic carbocycles. The lowest BCUT2D eigenvalue weighted by molar-refractivity contribution is 0.267. The first-order valence-electron chi connectivity index (χ1n) is 10.0. The summed E-state index contributed by atoms with van der Waals surface area (Å²) in [6.45, 7) is 4.00. The Morgan fingerprint density at radius 2 is 1.69 bits per heavy atom. The molecule has 0 bridgehead atoms. The molecule has 0 heterocycles. The van der Waals surface area contributed by atoms with Gasteiger partial charge < -0.3 is 14.8 Å². The molecule has 0 amide bonds. The summed E-state index contributed by atoms with van der Waals surface area (Å²) < 4.78 is 25.8. The summed E-state index contributed by atoms with van der Waals surface area (Å²) in [5, 5.41) is 5.04. The van der Waals surface area contributed by atoms with E-state index in [0.29, 0.717) is 45.3 Å². The lowest BCUT2D eigenvalue weighted by atomic mass is 10.1. The molecule has 0 aliphatic heterocycles. The minimum absolute atomic E-state index is 0.192. The molecule has 0 aromatic heterocycles. The highest BCUT2D eigenvalue weighted by Gasteiger charge is 2.14. The molecule has 0 fully saturated rings. The van der Waals surface area contributed by atoms with Gasteiger partial charge in [0, 0.05) is 22.2 Å². The van der Waals surface area contributed by atoms with Gasteiger partial charge in [0.05, 0.1) is 16.1 Å². The summed E-state index contributed by atoms with van der Waals surface area (Å²) in [7, 11) is 0. The first-order chi connectivity index (χ1) is 15.4. The van der Waals surface area contributed by atoms with Gasteiger partial charge in [0.1, 0.15) is 12.4 Å². The monoisotopic (exact) mass is 559 g/mol. The molecular formula is C24H22BrCl3FNO2. The normalized spacial score (nSPS) is 10.9. The van der Waals surface area contributed by atoms with E-state index >= 15 is 0 Å². The maximum atomic E-state index is 13.3. The van der Waals surface area contributed by atoms with Crippen molar-refractivity contribution in [2.75, 3.05) is 13.2 Å². The van der Waals surface area contributed by atoms with E-state index in [1.165, 1.54) is 12.1 Å². The number of hydrogen-bond donors (Lipinski definition) is 1. The van der Waals surface area contributed by atoms with Crippen molar-refractivity contribution in [3.8, 4) is 11.5 Å². The van der Waals surface area contributed by atoms with Crippen molar-refractivity contribution < 1.29 is 13.9 Å². The van der Waals surface area contributed by atoms with E-state index in [0.717, 1.165) is 28.6 Å². The van der Waals surface area contributed by atoms with Crippen LogP contribution in [-0.2, 0) is 19.6 Å². The zero-order chi connectivity index (χ0) is 23.1. The Labute approximate surface area is 210 Å². The molecule has 3 nitrogen and oxygen atoms in total. The summed E-state index contributed by atoms with van der Waals surface area (Å²) >= 11 is 21.9. The minimum Gasteiger partial charge on any atom is -0.490 e. The van der Waals surface area contributed by atoms with Crippen molar-refractivity contribution in [2.45, 2.75) is 26.5 Å². The average molecular weight is 562 g/mol. The van der Waals surface area contributed by atoms with Crippen LogP contribution in [0.25, 0.3) is 0 Å². The Hall–Kier alpha value is -1.50. The van der Waals surface area contributed by atoms with E-state index in [-0.39, 0.29) is 12.4 Å². The van der Waals surface area contributed by atoms with Crippen LogP contribution in [-0.4, -0.2) is 13.2 Å². The molecule has 3 rings (SSSR count). The summed E-state index contributed by atoms with van der Waals surface area (Å²) in [6.07, 6.45) is 0.787. The van der Waals surface area contributed by atoms with Crippen LogP contribution in [0, 0.1) is 5.82 Å². The Kier molecular flexibility index (Phi) is 9.50. The van der Waals surface area contributed by atoms with Crippen LogP contribution < -0.4 is 14.8 Å². The molecule has 0 atom stereocenters. The number of hydrogen-bond acceptors (Lipinski definition) is 3. The summed E-state index contributed by atoms with van der Waals surface area (Å²) in [6, 6.07) is 13.7. The predicted molar refractivity (Wildman–Crippen MR) is 133 cm³/mol. The summed E-state index contributed by atoms with van der Waals surface area (Å²) in [5.74, 6) is 0.812. The van der Waals surface area contributed by atoms with Crippen molar-refractivity contribution in [3.05, 3.63) is 90.6 Å². The number of nitrogens with one attached hydrogen (secondary N) is 1. The van der Waals surface area contributed by atoms with Crippen LogP contribution in [0.5, 0.6) is 11.5 Å². The van der Waals surface area contributed by atoms with Crippen LogP contribution in [0.3, 0.4) is 0 Å². The van der Waals surface area contributed by atoms with Gasteiger partial charge in [-0.05, 0) is 83.3 Å².